The Hall–Kier alpha value is -2.68. The first-order valence-electron chi connectivity index (χ1n) is 10.1. The van der Waals surface area contributed by atoms with Gasteiger partial charge < -0.3 is 23.7 Å². The number of para-hydroxylation sites is 1. The lowest BCUT2D eigenvalue weighted by Gasteiger charge is -2.23. The van der Waals surface area contributed by atoms with Crippen LogP contribution in [0.2, 0.25) is 5.02 Å². The number of benzene rings is 2. The second kappa shape index (κ2) is 10.3. The predicted molar refractivity (Wildman–Crippen MR) is 125 cm³/mol. The second-order valence-electron chi connectivity index (χ2n) is 7.22. The molecular weight excluding hydrogens is 452 g/mol. The summed E-state index contributed by atoms with van der Waals surface area (Å²) in [6.45, 7) is 5.74. The van der Waals surface area contributed by atoms with Crippen molar-refractivity contribution in [3.05, 3.63) is 64.4 Å². The van der Waals surface area contributed by atoms with Gasteiger partial charge in [0.1, 0.15) is 23.4 Å². The number of aromatic hydroxyl groups is 2. The monoisotopic (exact) mass is 476 g/mol. The van der Waals surface area contributed by atoms with Crippen LogP contribution in [-0.4, -0.2) is 38.6 Å². The van der Waals surface area contributed by atoms with Crippen molar-refractivity contribution in [2.24, 2.45) is 0 Å². The van der Waals surface area contributed by atoms with Crippen LogP contribution in [0.3, 0.4) is 0 Å². The number of hydrogen-bond donors (Lipinski definition) is 2. The summed E-state index contributed by atoms with van der Waals surface area (Å²) in [7, 11) is 0. The Morgan fingerprint density at radius 2 is 1.91 bits per heavy atom. The first kappa shape index (κ1) is 24.0. The van der Waals surface area contributed by atoms with Gasteiger partial charge in [0, 0.05) is 22.9 Å². The quantitative estimate of drug-likeness (QED) is 0.315. The lowest BCUT2D eigenvalue weighted by molar-refractivity contribution is 0.0515. The van der Waals surface area contributed by atoms with E-state index in [1.54, 1.807) is 49.6 Å². The number of carbonyl (C=O) groups excluding carboxylic acids is 1. The number of halogens is 1. The molecule has 1 heterocycles. The molecule has 0 aliphatic carbocycles. The predicted octanol–water partition coefficient (Wildman–Crippen LogP) is 5.76. The zero-order chi connectivity index (χ0) is 23.4. The summed E-state index contributed by atoms with van der Waals surface area (Å²) in [5.74, 6) is -0.286. The highest BCUT2D eigenvalue weighted by Crippen LogP contribution is 2.41. The number of aromatic nitrogens is 2. The third-order valence-corrected chi connectivity index (χ3v) is 5.41. The minimum atomic E-state index is -0.865. The van der Waals surface area contributed by atoms with E-state index in [1.165, 1.54) is 6.07 Å². The van der Waals surface area contributed by atoms with Gasteiger partial charge in [0.05, 0.1) is 17.9 Å². The van der Waals surface area contributed by atoms with Gasteiger partial charge in [0.2, 0.25) is 0 Å². The molecular formula is C23H25ClN2O5S. The number of nitrogens with zero attached hydrogens (tertiary/aromatic N) is 2. The number of esters is 1. The van der Waals surface area contributed by atoms with Gasteiger partial charge in [-0.05, 0) is 57.1 Å². The maximum absolute atomic E-state index is 12.9. The van der Waals surface area contributed by atoms with Crippen molar-refractivity contribution in [1.82, 2.24) is 9.55 Å². The maximum Gasteiger partial charge on any atom is 0.358 e. The van der Waals surface area contributed by atoms with Gasteiger partial charge in [-0.25, -0.2) is 9.78 Å². The fourth-order valence-electron chi connectivity index (χ4n) is 3.50. The number of ether oxygens (including phenoxy) is 1. The molecule has 0 amide bonds. The number of hydrogen-bond acceptors (Lipinski definition) is 7. The SMILES string of the molecule is CCOC(=O)c1nc(-c2ccccc2O)n(C(C)C)c1C(OSC)c1ccc(Cl)cc1O. The van der Waals surface area contributed by atoms with Crippen molar-refractivity contribution in [2.45, 2.75) is 32.9 Å². The van der Waals surface area contributed by atoms with Crippen LogP contribution < -0.4 is 0 Å². The van der Waals surface area contributed by atoms with Crippen molar-refractivity contribution >= 4 is 29.6 Å². The molecule has 0 fully saturated rings. The summed E-state index contributed by atoms with van der Waals surface area (Å²) in [5.41, 5.74) is 1.33. The van der Waals surface area contributed by atoms with Crippen LogP contribution in [0.4, 0.5) is 0 Å². The van der Waals surface area contributed by atoms with E-state index in [1.807, 2.05) is 18.4 Å². The molecule has 0 aliphatic heterocycles. The Morgan fingerprint density at radius 1 is 1.19 bits per heavy atom. The van der Waals surface area contributed by atoms with E-state index >= 15 is 0 Å². The van der Waals surface area contributed by atoms with Crippen LogP contribution in [0.25, 0.3) is 11.4 Å². The fourth-order valence-corrected chi connectivity index (χ4v) is 4.05. The molecule has 1 aromatic heterocycles. The molecule has 2 aromatic carbocycles. The number of phenols is 2. The lowest BCUT2D eigenvalue weighted by Crippen LogP contribution is -2.17. The number of imidazole rings is 1. The molecule has 0 saturated heterocycles. The Balaban J connectivity index is 2.36. The topological polar surface area (TPSA) is 93.8 Å². The molecule has 0 radical (unpaired) electrons. The van der Waals surface area contributed by atoms with Crippen molar-refractivity contribution in [3.8, 4) is 22.9 Å². The Bertz CT molecular complexity index is 1120. The number of carbonyl (C=O) groups is 1. The first-order valence-corrected chi connectivity index (χ1v) is 11.6. The highest BCUT2D eigenvalue weighted by Gasteiger charge is 2.34. The zero-order valence-corrected chi connectivity index (χ0v) is 19.8. The highest BCUT2D eigenvalue weighted by atomic mass is 35.5. The van der Waals surface area contributed by atoms with Crippen molar-refractivity contribution in [2.75, 3.05) is 12.9 Å². The van der Waals surface area contributed by atoms with E-state index in [0.717, 1.165) is 12.0 Å². The van der Waals surface area contributed by atoms with Gasteiger partial charge in [0.25, 0.3) is 0 Å². The molecule has 9 heteroatoms. The van der Waals surface area contributed by atoms with Crippen LogP contribution >= 0.6 is 23.6 Å². The highest BCUT2D eigenvalue weighted by molar-refractivity contribution is 7.93. The van der Waals surface area contributed by atoms with Crippen molar-refractivity contribution < 1.29 is 23.9 Å². The summed E-state index contributed by atoms with van der Waals surface area (Å²) in [6.07, 6.45) is 0.875. The van der Waals surface area contributed by atoms with E-state index in [-0.39, 0.29) is 29.8 Å². The minimum Gasteiger partial charge on any atom is -0.508 e. The maximum atomic E-state index is 12.9. The normalized spacial score (nSPS) is 12.2. The molecule has 170 valence electrons. The standard InChI is InChI=1S/C23H25ClN2O5S/c1-5-30-23(29)19-20(21(31-32-4)15-11-10-14(24)12-18(15)28)26(13(2)3)22(25-19)16-8-6-7-9-17(16)27/h6-13,21,27-28H,5H2,1-4H3. The van der Waals surface area contributed by atoms with Gasteiger partial charge in [-0.3, -0.25) is 0 Å². The average Bonchev–Trinajstić information content (AvgIpc) is 3.13. The van der Waals surface area contributed by atoms with Crippen molar-refractivity contribution in [1.29, 1.82) is 0 Å². The second-order valence-corrected chi connectivity index (χ2v) is 8.18. The molecule has 3 aromatic rings. The van der Waals surface area contributed by atoms with Crippen LogP contribution in [0.1, 0.15) is 54.7 Å². The van der Waals surface area contributed by atoms with Gasteiger partial charge in [0.15, 0.2) is 5.69 Å². The van der Waals surface area contributed by atoms with Crippen LogP contribution in [0, 0.1) is 0 Å². The summed E-state index contributed by atoms with van der Waals surface area (Å²) < 4.78 is 13.0. The van der Waals surface area contributed by atoms with E-state index in [4.69, 9.17) is 20.5 Å². The fraction of sp³-hybridized carbons (Fsp3) is 0.304. The number of rotatable bonds is 8. The third kappa shape index (κ3) is 4.72. The molecule has 2 N–H and O–H groups in total. The summed E-state index contributed by atoms with van der Waals surface area (Å²) in [5, 5.41) is 21.5. The van der Waals surface area contributed by atoms with Crippen LogP contribution in [0.5, 0.6) is 11.5 Å². The molecule has 0 saturated carbocycles. The molecule has 32 heavy (non-hydrogen) atoms. The van der Waals surface area contributed by atoms with Gasteiger partial charge in [-0.1, -0.05) is 29.8 Å². The van der Waals surface area contributed by atoms with E-state index in [2.05, 4.69) is 4.98 Å². The summed E-state index contributed by atoms with van der Waals surface area (Å²) in [4.78, 5) is 17.5. The number of phenolic OH excluding ortho intramolecular Hbond substituents is 2. The Labute approximate surface area is 196 Å². The van der Waals surface area contributed by atoms with Crippen LogP contribution in [0.15, 0.2) is 42.5 Å². The molecule has 3 rings (SSSR count). The Kier molecular flexibility index (Phi) is 7.71. The van der Waals surface area contributed by atoms with E-state index < -0.39 is 12.1 Å². The summed E-state index contributed by atoms with van der Waals surface area (Å²) in [6, 6.07) is 11.3. The molecule has 0 spiro atoms. The third-order valence-electron chi connectivity index (χ3n) is 4.79. The molecule has 0 bridgehead atoms. The molecule has 1 unspecified atom stereocenters. The smallest absolute Gasteiger partial charge is 0.358 e. The molecule has 1 atom stereocenters. The largest absolute Gasteiger partial charge is 0.508 e. The van der Waals surface area contributed by atoms with E-state index in [0.29, 0.717) is 27.7 Å². The van der Waals surface area contributed by atoms with Gasteiger partial charge in [-0.2, -0.15) is 0 Å². The van der Waals surface area contributed by atoms with E-state index in [9.17, 15) is 15.0 Å². The molecule has 7 nitrogen and oxygen atoms in total. The zero-order valence-electron chi connectivity index (χ0n) is 18.2. The average molecular weight is 477 g/mol. The van der Waals surface area contributed by atoms with Crippen molar-refractivity contribution in [3.63, 3.8) is 0 Å². The lowest BCUT2D eigenvalue weighted by atomic mass is 10.0. The van der Waals surface area contributed by atoms with Gasteiger partial charge >= 0.3 is 5.97 Å². The van der Waals surface area contributed by atoms with Crippen LogP contribution in [-0.2, 0) is 8.92 Å². The van der Waals surface area contributed by atoms with Gasteiger partial charge in [-0.15, -0.1) is 0 Å². The Morgan fingerprint density at radius 3 is 2.50 bits per heavy atom. The summed E-state index contributed by atoms with van der Waals surface area (Å²) >= 11 is 7.11. The molecule has 0 aliphatic rings. The first-order chi connectivity index (χ1) is 15.3. The minimum absolute atomic E-state index is 0.0260.